The van der Waals surface area contributed by atoms with Crippen molar-refractivity contribution in [1.82, 2.24) is 0 Å². The van der Waals surface area contributed by atoms with Gasteiger partial charge in [-0.25, -0.2) is 0 Å². The Morgan fingerprint density at radius 1 is 1.05 bits per heavy atom. The molecular formula is C21H34O. The first kappa shape index (κ1) is 15.2. The third kappa shape index (κ3) is 1.81. The van der Waals surface area contributed by atoms with E-state index >= 15 is 0 Å². The predicted octanol–water partition coefficient (Wildman–Crippen LogP) is 5.34. The number of allylic oxidation sites excluding steroid dienone is 1. The summed E-state index contributed by atoms with van der Waals surface area (Å²) in [6.07, 6.45) is 14.5. The first-order valence-electron chi connectivity index (χ1n) is 9.85. The molecule has 1 N–H and O–H groups in total. The van der Waals surface area contributed by atoms with Crippen LogP contribution in [-0.2, 0) is 0 Å². The van der Waals surface area contributed by atoms with E-state index in [2.05, 4.69) is 26.8 Å². The van der Waals surface area contributed by atoms with E-state index in [0.29, 0.717) is 5.41 Å². The topological polar surface area (TPSA) is 20.2 Å². The van der Waals surface area contributed by atoms with E-state index in [1.165, 1.54) is 51.4 Å². The minimum Gasteiger partial charge on any atom is -0.392 e. The maximum Gasteiger partial charge on any atom is 0.0636 e. The molecule has 0 aromatic carbocycles. The third-order valence-electron chi connectivity index (χ3n) is 8.88. The van der Waals surface area contributed by atoms with Gasteiger partial charge >= 0.3 is 0 Å². The van der Waals surface area contributed by atoms with Crippen LogP contribution in [0, 0.1) is 34.5 Å². The smallest absolute Gasteiger partial charge is 0.0636 e. The Hall–Kier alpha value is -0.300. The molecule has 3 unspecified atom stereocenters. The van der Waals surface area contributed by atoms with E-state index < -0.39 is 0 Å². The molecule has 4 fully saturated rings. The van der Waals surface area contributed by atoms with E-state index in [0.717, 1.165) is 30.1 Å². The van der Waals surface area contributed by atoms with Gasteiger partial charge in [0.05, 0.1) is 6.10 Å². The molecule has 0 aliphatic heterocycles. The highest BCUT2D eigenvalue weighted by Crippen LogP contribution is 2.67. The monoisotopic (exact) mass is 302 g/mol. The van der Waals surface area contributed by atoms with Crippen LogP contribution in [0.4, 0.5) is 0 Å². The van der Waals surface area contributed by atoms with Crippen LogP contribution in [0.1, 0.15) is 78.6 Å². The van der Waals surface area contributed by atoms with Crippen LogP contribution in [0.3, 0.4) is 0 Å². The molecule has 0 saturated heterocycles. The maximum atomic E-state index is 11.1. The molecule has 4 aliphatic carbocycles. The Morgan fingerprint density at radius 2 is 1.86 bits per heavy atom. The Bertz CT molecular complexity index is 480. The Kier molecular flexibility index (Phi) is 3.53. The number of rotatable bonds is 0. The average molecular weight is 303 g/mol. The fraction of sp³-hybridized carbons (Fsp3) is 0.905. The van der Waals surface area contributed by atoms with Crippen molar-refractivity contribution in [2.75, 3.05) is 0 Å². The normalized spacial score (nSPS) is 56.4. The zero-order valence-electron chi connectivity index (χ0n) is 14.8. The van der Waals surface area contributed by atoms with Crippen LogP contribution in [0.2, 0.25) is 0 Å². The van der Waals surface area contributed by atoms with Crippen LogP contribution in [0.25, 0.3) is 0 Å². The Labute approximate surface area is 136 Å². The minimum absolute atomic E-state index is 0.0911. The highest BCUT2D eigenvalue weighted by molar-refractivity contribution is 5.26. The zero-order valence-corrected chi connectivity index (χ0v) is 14.8. The van der Waals surface area contributed by atoms with Gasteiger partial charge in [0.15, 0.2) is 0 Å². The van der Waals surface area contributed by atoms with Crippen molar-refractivity contribution >= 4 is 0 Å². The van der Waals surface area contributed by atoms with E-state index in [-0.39, 0.29) is 11.5 Å². The van der Waals surface area contributed by atoms with Crippen molar-refractivity contribution in [3.63, 3.8) is 0 Å². The largest absolute Gasteiger partial charge is 0.392 e. The second-order valence-electron chi connectivity index (χ2n) is 9.29. The van der Waals surface area contributed by atoms with Gasteiger partial charge in [0, 0.05) is 5.41 Å². The van der Waals surface area contributed by atoms with Crippen LogP contribution < -0.4 is 0 Å². The molecule has 0 spiro atoms. The first-order valence-corrected chi connectivity index (χ1v) is 9.85. The third-order valence-corrected chi connectivity index (χ3v) is 8.88. The summed E-state index contributed by atoms with van der Waals surface area (Å²) in [7, 11) is 0. The molecule has 4 saturated carbocycles. The maximum absolute atomic E-state index is 11.1. The van der Waals surface area contributed by atoms with Gasteiger partial charge < -0.3 is 5.11 Å². The quantitative estimate of drug-likeness (QED) is 0.599. The highest BCUT2D eigenvalue weighted by Gasteiger charge is 2.61. The molecule has 22 heavy (non-hydrogen) atoms. The lowest BCUT2D eigenvalue weighted by Crippen LogP contribution is -2.56. The Morgan fingerprint density at radius 3 is 2.64 bits per heavy atom. The number of aliphatic hydroxyl groups excluding tert-OH is 1. The zero-order chi connectivity index (χ0) is 15.5. The van der Waals surface area contributed by atoms with Gasteiger partial charge in [0.2, 0.25) is 0 Å². The van der Waals surface area contributed by atoms with Gasteiger partial charge in [-0.2, -0.15) is 0 Å². The number of fused-ring (bicyclic) bond motifs is 5. The molecular weight excluding hydrogens is 268 g/mol. The summed E-state index contributed by atoms with van der Waals surface area (Å²) in [6, 6.07) is 0. The van der Waals surface area contributed by atoms with Crippen molar-refractivity contribution < 1.29 is 5.11 Å². The molecule has 0 amide bonds. The van der Waals surface area contributed by atoms with E-state index in [1.54, 1.807) is 5.57 Å². The number of aliphatic hydroxyl groups is 1. The molecule has 4 rings (SSSR count). The molecule has 0 aromatic heterocycles. The van der Waals surface area contributed by atoms with E-state index in [9.17, 15) is 5.11 Å². The SMILES string of the molecule is C/C=C1\CCC2C3CC[C@@H]4CCCC[C@]4(C)C3C[C@H](O)[C@]12C. The second kappa shape index (κ2) is 5.10. The lowest BCUT2D eigenvalue weighted by Gasteiger charge is -2.61. The fourth-order valence-electron chi connectivity index (χ4n) is 7.58. The first-order chi connectivity index (χ1) is 10.5. The van der Waals surface area contributed by atoms with Gasteiger partial charge in [-0.3, -0.25) is 0 Å². The highest BCUT2D eigenvalue weighted by atomic mass is 16.3. The van der Waals surface area contributed by atoms with Crippen LogP contribution in [0.15, 0.2) is 11.6 Å². The van der Waals surface area contributed by atoms with Crippen LogP contribution >= 0.6 is 0 Å². The molecule has 0 heterocycles. The fourth-order valence-corrected chi connectivity index (χ4v) is 7.58. The Balaban J connectivity index is 1.70. The van der Waals surface area contributed by atoms with E-state index in [1.807, 2.05) is 0 Å². The summed E-state index contributed by atoms with van der Waals surface area (Å²) >= 11 is 0. The lowest BCUT2D eigenvalue weighted by molar-refractivity contribution is -0.143. The summed E-state index contributed by atoms with van der Waals surface area (Å²) < 4.78 is 0. The standard InChI is InChI=1S/C21H34O/c1-4-14-9-11-17-16-10-8-15-7-5-6-12-20(15,2)18(16)13-19(22)21(14,17)3/h4,15-19,22H,5-13H2,1-3H3/b14-4+/t15-,16?,17?,18?,19-,20-,21+/m0/s1. The molecule has 4 aliphatic rings. The van der Waals surface area contributed by atoms with Gasteiger partial charge in [0.25, 0.3) is 0 Å². The summed E-state index contributed by atoms with van der Waals surface area (Å²) in [5, 5.41) is 11.1. The summed E-state index contributed by atoms with van der Waals surface area (Å²) in [6.45, 7) is 7.16. The number of hydrogen-bond donors (Lipinski definition) is 1. The predicted molar refractivity (Wildman–Crippen MR) is 91.5 cm³/mol. The van der Waals surface area contributed by atoms with Crippen molar-refractivity contribution in [3.8, 4) is 0 Å². The van der Waals surface area contributed by atoms with Crippen LogP contribution in [-0.4, -0.2) is 11.2 Å². The van der Waals surface area contributed by atoms with Crippen molar-refractivity contribution in [2.24, 2.45) is 34.5 Å². The summed E-state index contributed by atoms with van der Waals surface area (Å²) in [5.41, 5.74) is 2.18. The molecule has 1 heteroatoms. The lowest BCUT2D eigenvalue weighted by atomic mass is 9.44. The molecule has 0 radical (unpaired) electrons. The molecule has 1 nitrogen and oxygen atoms in total. The molecule has 124 valence electrons. The summed E-state index contributed by atoms with van der Waals surface area (Å²) in [4.78, 5) is 0. The van der Waals surface area contributed by atoms with E-state index in [4.69, 9.17) is 0 Å². The van der Waals surface area contributed by atoms with Crippen molar-refractivity contribution in [1.29, 1.82) is 0 Å². The summed E-state index contributed by atoms with van der Waals surface area (Å²) in [5.74, 6) is 3.36. The second-order valence-corrected chi connectivity index (χ2v) is 9.29. The average Bonchev–Trinajstić information content (AvgIpc) is 2.86. The van der Waals surface area contributed by atoms with Gasteiger partial charge in [-0.1, -0.05) is 38.3 Å². The number of hydrogen-bond acceptors (Lipinski definition) is 1. The van der Waals surface area contributed by atoms with Crippen LogP contribution in [0.5, 0.6) is 0 Å². The molecule has 7 atom stereocenters. The van der Waals surface area contributed by atoms with Gasteiger partial charge in [-0.05, 0) is 81.0 Å². The minimum atomic E-state index is -0.107. The van der Waals surface area contributed by atoms with Crippen molar-refractivity contribution in [3.05, 3.63) is 11.6 Å². The molecule has 0 aromatic rings. The molecule has 0 bridgehead atoms. The van der Waals surface area contributed by atoms with Crippen molar-refractivity contribution in [2.45, 2.75) is 84.7 Å². The van der Waals surface area contributed by atoms with Gasteiger partial charge in [0.1, 0.15) is 0 Å². The van der Waals surface area contributed by atoms with Gasteiger partial charge in [-0.15, -0.1) is 0 Å².